The fourth-order valence-electron chi connectivity index (χ4n) is 2.29. The van der Waals surface area contributed by atoms with Gasteiger partial charge in [0.1, 0.15) is 0 Å². The maximum atomic E-state index is 12.2. The highest BCUT2D eigenvalue weighted by molar-refractivity contribution is 7.89. The summed E-state index contributed by atoms with van der Waals surface area (Å²) in [7, 11) is -3.61. The Hall–Kier alpha value is -2.71. The molecule has 8 heteroatoms. The normalized spacial score (nSPS) is 11.7. The van der Waals surface area contributed by atoms with E-state index >= 15 is 0 Å². The van der Waals surface area contributed by atoms with Crippen LogP contribution in [0.5, 0.6) is 0 Å². The van der Waals surface area contributed by atoms with Crippen LogP contribution in [0.25, 0.3) is 0 Å². The highest BCUT2D eigenvalue weighted by atomic mass is 32.2. The summed E-state index contributed by atoms with van der Waals surface area (Å²) in [5.74, 6) is -0.441. The quantitative estimate of drug-likeness (QED) is 0.603. The van der Waals surface area contributed by atoms with E-state index in [1.807, 2.05) is 27.7 Å². The Morgan fingerprint density at radius 3 is 2.03 bits per heavy atom. The van der Waals surface area contributed by atoms with E-state index in [1.54, 1.807) is 36.4 Å². The first-order valence-electron chi connectivity index (χ1n) is 9.25. The van der Waals surface area contributed by atoms with Crippen LogP contribution >= 0.6 is 0 Å². The molecule has 0 spiro atoms. The molecule has 29 heavy (non-hydrogen) atoms. The molecule has 0 radical (unpaired) electrons. The molecular weight excluding hydrogens is 390 g/mol. The molecule has 0 aliphatic carbocycles. The van der Waals surface area contributed by atoms with Crippen LogP contribution in [0, 0.1) is 12.3 Å². The number of amides is 2. The molecule has 0 atom stereocenters. The number of nitrogens with one attached hydrogen (secondary N) is 3. The van der Waals surface area contributed by atoms with Gasteiger partial charge in [-0.25, -0.2) is 13.1 Å². The van der Waals surface area contributed by atoms with Gasteiger partial charge in [-0.3, -0.25) is 9.59 Å². The maximum Gasteiger partial charge on any atom is 0.251 e. The molecule has 156 valence electrons. The predicted molar refractivity (Wildman–Crippen MR) is 113 cm³/mol. The molecule has 0 fully saturated rings. The van der Waals surface area contributed by atoms with Crippen LogP contribution in [0.4, 0.5) is 5.69 Å². The van der Waals surface area contributed by atoms with Crippen molar-refractivity contribution >= 4 is 27.5 Å². The smallest absolute Gasteiger partial charge is 0.251 e. The van der Waals surface area contributed by atoms with E-state index in [4.69, 9.17) is 0 Å². The van der Waals surface area contributed by atoms with Gasteiger partial charge in [-0.15, -0.1) is 0 Å². The van der Waals surface area contributed by atoms with Gasteiger partial charge >= 0.3 is 0 Å². The van der Waals surface area contributed by atoms with Crippen LogP contribution in [0.15, 0.2) is 53.4 Å². The SMILES string of the molecule is Cc1ccc(S(=O)(=O)NCCNC(=O)c2ccc(NC(=O)C(C)(C)C)cc2)cc1. The third-order valence-electron chi connectivity index (χ3n) is 4.12. The fourth-order valence-corrected chi connectivity index (χ4v) is 3.32. The van der Waals surface area contributed by atoms with Crippen LogP contribution in [-0.4, -0.2) is 33.3 Å². The summed E-state index contributed by atoms with van der Waals surface area (Å²) in [6, 6.07) is 13.0. The number of hydrogen-bond acceptors (Lipinski definition) is 4. The average Bonchev–Trinajstić information content (AvgIpc) is 2.65. The standard InChI is InChI=1S/C21H27N3O4S/c1-15-5-11-18(12-6-15)29(27,28)23-14-13-22-19(25)16-7-9-17(10-8-16)24-20(26)21(2,3)4/h5-12,23H,13-14H2,1-4H3,(H,22,25)(H,24,26). The van der Waals surface area contributed by atoms with Crippen molar-refractivity contribution < 1.29 is 18.0 Å². The molecule has 3 N–H and O–H groups in total. The average molecular weight is 418 g/mol. The van der Waals surface area contributed by atoms with Crippen LogP contribution in [0.1, 0.15) is 36.7 Å². The molecule has 0 aliphatic heterocycles. The molecule has 0 bridgehead atoms. The lowest BCUT2D eigenvalue weighted by atomic mass is 9.95. The van der Waals surface area contributed by atoms with Crippen molar-refractivity contribution in [1.82, 2.24) is 10.0 Å². The van der Waals surface area contributed by atoms with E-state index in [9.17, 15) is 18.0 Å². The Morgan fingerprint density at radius 2 is 1.48 bits per heavy atom. The summed E-state index contributed by atoms with van der Waals surface area (Å²) in [5, 5.41) is 5.45. The third-order valence-corrected chi connectivity index (χ3v) is 5.60. The molecule has 0 saturated carbocycles. The lowest BCUT2D eigenvalue weighted by Crippen LogP contribution is -2.34. The van der Waals surface area contributed by atoms with Crippen LogP contribution in [0.2, 0.25) is 0 Å². The molecule has 0 unspecified atom stereocenters. The minimum Gasteiger partial charge on any atom is -0.351 e. The van der Waals surface area contributed by atoms with Gasteiger partial charge in [-0.2, -0.15) is 0 Å². The van der Waals surface area contributed by atoms with Crippen LogP contribution < -0.4 is 15.4 Å². The largest absolute Gasteiger partial charge is 0.351 e. The van der Waals surface area contributed by atoms with Crippen LogP contribution in [0.3, 0.4) is 0 Å². The Bertz CT molecular complexity index is 960. The molecule has 2 rings (SSSR count). The molecular formula is C21H27N3O4S. The Kier molecular flexibility index (Phi) is 7.16. The van der Waals surface area contributed by atoms with Gasteiger partial charge in [0.05, 0.1) is 4.90 Å². The number of anilines is 1. The topological polar surface area (TPSA) is 104 Å². The first-order valence-corrected chi connectivity index (χ1v) is 10.7. The van der Waals surface area contributed by atoms with Gasteiger partial charge in [0.15, 0.2) is 0 Å². The van der Waals surface area contributed by atoms with Gasteiger partial charge in [0, 0.05) is 29.8 Å². The van der Waals surface area contributed by atoms with E-state index in [0.717, 1.165) is 5.56 Å². The summed E-state index contributed by atoms with van der Waals surface area (Å²) in [4.78, 5) is 24.4. The molecule has 2 amide bonds. The molecule has 0 aromatic heterocycles. The fraction of sp³-hybridized carbons (Fsp3) is 0.333. The van der Waals surface area contributed by atoms with E-state index in [0.29, 0.717) is 11.3 Å². The number of sulfonamides is 1. The second kappa shape index (κ2) is 9.19. The lowest BCUT2D eigenvalue weighted by molar-refractivity contribution is -0.123. The number of carbonyl (C=O) groups excluding carboxylic acids is 2. The number of aryl methyl sites for hydroxylation is 1. The maximum absolute atomic E-state index is 12.2. The van der Waals surface area contributed by atoms with E-state index in [-0.39, 0.29) is 29.8 Å². The first-order chi connectivity index (χ1) is 13.5. The van der Waals surface area contributed by atoms with Gasteiger partial charge < -0.3 is 10.6 Å². The minimum absolute atomic E-state index is 0.0711. The summed E-state index contributed by atoms with van der Waals surface area (Å²) in [6.07, 6.45) is 0. The molecule has 0 heterocycles. The van der Waals surface area contributed by atoms with Gasteiger partial charge in [0.25, 0.3) is 5.91 Å². The summed E-state index contributed by atoms with van der Waals surface area (Å²) in [5.41, 5.74) is 1.48. The van der Waals surface area contributed by atoms with Gasteiger partial charge in [-0.05, 0) is 43.3 Å². The predicted octanol–water partition coefficient (Wildman–Crippen LogP) is 2.69. The second-order valence-electron chi connectivity index (χ2n) is 7.75. The zero-order valence-corrected chi connectivity index (χ0v) is 17.9. The summed E-state index contributed by atoms with van der Waals surface area (Å²) >= 11 is 0. The molecule has 7 nitrogen and oxygen atoms in total. The van der Waals surface area contributed by atoms with E-state index in [2.05, 4.69) is 15.4 Å². The van der Waals surface area contributed by atoms with Crippen molar-refractivity contribution in [2.45, 2.75) is 32.6 Å². The molecule has 0 aliphatic rings. The van der Waals surface area contributed by atoms with Gasteiger partial charge in [0.2, 0.25) is 15.9 Å². The minimum atomic E-state index is -3.61. The summed E-state index contributed by atoms with van der Waals surface area (Å²) in [6.45, 7) is 7.55. The number of carbonyl (C=O) groups is 2. The monoisotopic (exact) mass is 417 g/mol. The zero-order chi connectivity index (χ0) is 21.7. The lowest BCUT2D eigenvalue weighted by Gasteiger charge is -2.17. The number of benzene rings is 2. The van der Waals surface area contributed by atoms with Crippen molar-refractivity contribution in [2.75, 3.05) is 18.4 Å². The molecule has 0 saturated heterocycles. The number of rotatable bonds is 7. The Balaban J connectivity index is 1.83. The molecule has 2 aromatic carbocycles. The van der Waals surface area contributed by atoms with E-state index < -0.39 is 15.4 Å². The molecule has 2 aromatic rings. The number of hydrogen-bond donors (Lipinski definition) is 3. The third kappa shape index (κ3) is 6.69. The highest BCUT2D eigenvalue weighted by Crippen LogP contribution is 2.17. The van der Waals surface area contributed by atoms with Gasteiger partial charge in [-0.1, -0.05) is 38.5 Å². The Labute approximate surface area is 172 Å². The summed E-state index contributed by atoms with van der Waals surface area (Å²) < 4.78 is 26.8. The Morgan fingerprint density at radius 1 is 0.897 bits per heavy atom. The first kappa shape index (κ1) is 22.6. The van der Waals surface area contributed by atoms with Crippen LogP contribution in [-0.2, 0) is 14.8 Å². The van der Waals surface area contributed by atoms with E-state index in [1.165, 1.54) is 12.1 Å². The second-order valence-corrected chi connectivity index (χ2v) is 9.52. The van der Waals surface area contributed by atoms with Crippen molar-refractivity contribution in [3.63, 3.8) is 0 Å². The van der Waals surface area contributed by atoms with Crippen molar-refractivity contribution in [2.24, 2.45) is 5.41 Å². The highest BCUT2D eigenvalue weighted by Gasteiger charge is 2.21. The van der Waals surface area contributed by atoms with Crippen molar-refractivity contribution in [3.05, 3.63) is 59.7 Å². The van der Waals surface area contributed by atoms with Crippen molar-refractivity contribution in [1.29, 1.82) is 0 Å². The van der Waals surface area contributed by atoms with Crippen molar-refractivity contribution in [3.8, 4) is 0 Å². The zero-order valence-electron chi connectivity index (χ0n) is 17.1.